The average Bonchev–Trinajstić information content (AvgIpc) is 2.89. The van der Waals surface area contributed by atoms with Gasteiger partial charge in [-0.2, -0.15) is 0 Å². The van der Waals surface area contributed by atoms with E-state index in [0.717, 1.165) is 11.0 Å². The molecule has 0 unspecified atom stereocenters. The molecule has 1 aromatic carbocycles. The molecule has 5 nitrogen and oxygen atoms in total. The van der Waals surface area contributed by atoms with Gasteiger partial charge >= 0.3 is 11.4 Å². The fourth-order valence-electron chi connectivity index (χ4n) is 2.17. The summed E-state index contributed by atoms with van der Waals surface area (Å²) in [5.74, 6) is 0. The Morgan fingerprint density at radius 1 is 0.944 bits per heavy atom. The molecule has 1 aromatic heterocycles. The van der Waals surface area contributed by atoms with E-state index >= 15 is 0 Å². The predicted molar refractivity (Wildman–Crippen MR) is 68.9 cm³/mol. The third-order valence-electron chi connectivity index (χ3n) is 3.02. The smallest absolute Gasteiger partial charge is 0.246 e. The minimum atomic E-state index is -0.337. The molecule has 94 valence electrons. The topological polar surface area (TPSA) is 48.9 Å². The number of hydrogen-bond donors (Lipinski definition) is 0. The Kier molecular flexibility index (Phi) is 2.60. The minimum Gasteiger partial charge on any atom is -0.246 e. The fourth-order valence-corrected chi connectivity index (χ4v) is 2.46. The molecule has 0 aliphatic carbocycles. The second-order valence-electron chi connectivity index (χ2n) is 4.10. The van der Waals surface area contributed by atoms with Gasteiger partial charge in [0.2, 0.25) is 0 Å². The lowest BCUT2D eigenvalue weighted by atomic mass is 10.3. The Labute approximate surface area is 112 Å². The summed E-state index contributed by atoms with van der Waals surface area (Å²) in [4.78, 5) is 24.2. The molecule has 3 rings (SSSR count). The third-order valence-corrected chi connectivity index (χ3v) is 3.76. The van der Waals surface area contributed by atoms with Crippen molar-refractivity contribution < 1.29 is 0 Å². The molecule has 0 fully saturated rings. The Morgan fingerprint density at radius 3 is 2.11 bits per heavy atom. The van der Waals surface area contributed by atoms with Crippen LogP contribution < -0.4 is 11.4 Å². The average molecular weight is 286 g/mol. The summed E-state index contributed by atoms with van der Waals surface area (Å²) in [6.07, 6.45) is 0.812. The number of aromatic nitrogens is 3. The number of fused-ring (bicyclic) bond motifs is 1. The summed E-state index contributed by atoms with van der Waals surface area (Å²) in [6, 6.07) is 4.69. The van der Waals surface area contributed by atoms with Crippen molar-refractivity contribution in [2.45, 2.75) is 19.5 Å². The van der Waals surface area contributed by atoms with Gasteiger partial charge in [-0.1, -0.05) is 23.2 Å². The fraction of sp³-hybridized carbons (Fsp3) is 0.273. The quantitative estimate of drug-likeness (QED) is 0.798. The molecule has 2 aromatic rings. The van der Waals surface area contributed by atoms with E-state index < -0.39 is 0 Å². The first-order valence-corrected chi connectivity index (χ1v) is 6.23. The predicted octanol–water partition coefficient (Wildman–Crippen LogP) is 1.51. The molecule has 18 heavy (non-hydrogen) atoms. The molecule has 0 atom stereocenters. The molecule has 0 bridgehead atoms. The molecular formula is C11H9Cl2N3O2. The summed E-state index contributed by atoms with van der Waals surface area (Å²) in [7, 11) is 0. The van der Waals surface area contributed by atoms with E-state index in [-0.39, 0.29) is 11.4 Å². The van der Waals surface area contributed by atoms with Crippen molar-refractivity contribution in [2.24, 2.45) is 0 Å². The summed E-state index contributed by atoms with van der Waals surface area (Å²) in [5.41, 5.74) is -0.236. The van der Waals surface area contributed by atoms with Crippen molar-refractivity contribution in [3.05, 3.63) is 49.2 Å². The molecular weight excluding hydrogens is 277 g/mol. The maximum atomic E-state index is 12.1. The Morgan fingerprint density at radius 2 is 1.56 bits per heavy atom. The van der Waals surface area contributed by atoms with Crippen molar-refractivity contribution in [1.29, 1.82) is 0 Å². The van der Waals surface area contributed by atoms with Gasteiger partial charge in [-0.15, -0.1) is 0 Å². The van der Waals surface area contributed by atoms with Gasteiger partial charge in [0.05, 0.1) is 15.7 Å². The highest BCUT2D eigenvalue weighted by Gasteiger charge is 2.20. The molecule has 0 N–H and O–H groups in total. The van der Waals surface area contributed by atoms with Crippen LogP contribution in [-0.4, -0.2) is 13.9 Å². The highest BCUT2D eigenvalue weighted by molar-refractivity contribution is 6.42. The number of hydrogen-bond acceptors (Lipinski definition) is 2. The SMILES string of the molecule is O=c1n(-c2ccc(Cl)c(Cl)c2)c(=O)n2n1CCC2. The molecule has 2 heterocycles. The van der Waals surface area contributed by atoms with Crippen molar-refractivity contribution in [1.82, 2.24) is 13.9 Å². The van der Waals surface area contributed by atoms with Crippen LogP contribution in [-0.2, 0) is 13.1 Å². The molecule has 0 saturated carbocycles. The van der Waals surface area contributed by atoms with E-state index in [1.807, 2.05) is 0 Å². The number of rotatable bonds is 1. The Hall–Kier alpha value is -1.46. The zero-order valence-corrected chi connectivity index (χ0v) is 10.8. The van der Waals surface area contributed by atoms with Gasteiger partial charge in [0.25, 0.3) is 0 Å². The molecule has 0 amide bonds. The molecule has 0 spiro atoms. The van der Waals surface area contributed by atoms with E-state index in [4.69, 9.17) is 23.2 Å². The number of benzene rings is 1. The van der Waals surface area contributed by atoms with Gasteiger partial charge in [-0.3, -0.25) is 0 Å². The largest absolute Gasteiger partial charge is 0.351 e. The van der Waals surface area contributed by atoms with Crippen LogP contribution in [0, 0.1) is 0 Å². The van der Waals surface area contributed by atoms with E-state index in [0.29, 0.717) is 28.8 Å². The standard InChI is InChI=1S/C11H9Cl2N3O2/c12-8-3-2-7(6-9(8)13)16-10(17)14-4-1-5-15(14)11(16)18/h2-3,6H,1,4-5H2. The zero-order valence-electron chi connectivity index (χ0n) is 9.27. The van der Waals surface area contributed by atoms with E-state index in [2.05, 4.69) is 0 Å². The van der Waals surface area contributed by atoms with Crippen LogP contribution in [0.25, 0.3) is 5.69 Å². The molecule has 1 aliphatic heterocycles. The van der Waals surface area contributed by atoms with Gasteiger partial charge in [0, 0.05) is 13.1 Å². The maximum Gasteiger partial charge on any atom is 0.351 e. The van der Waals surface area contributed by atoms with Crippen molar-refractivity contribution >= 4 is 23.2 Å². The Bertz CT molecular complexity index is 706. The van der Waals surface area contributed by atoms with Gasteiger partial charge in [-0.05, 0) is 24.6 Å². The van der Waals surface area contributed by atoms with E-state index in [9.17, 15) is 9.59 Å². The normalized spacial score (nSPS) is 13.9. The lowest BCUT2D eigenvalue weighted by Crippen LogP contribution is -2.28. The van der Waals surface area contributed by atoms with Crippen molar-refractivity contribution in [2.75, 3.05) is 0 Å². The lowest BCUT2D eigenvalue weighted by molar-refractivity contribution is 0.580. The summed E-state index contributed by atoms with van der Waals surface area (Å²) in [6.45, 7) is 1.14. The van der Waals surface area contributed by atoms with E-state index in [1.165, 1.54) is 15.4 Å². The highest BCUT2D eigenvalue weighted by atomic mass is 35.5. The second-order valence-corrected chi connectivity index (χ2v) is 4.91. The van der Waals surface area contributed by atoms with Gasteiger partial charge in [-0.25, -0.2) is 23.5 Å². The lowest BCUT2D eigenvalue weighted by Gasteiger charge is -2.01. The van der Waals surface area contributed by atoms with Gasteiger partial charge in [0.15, 0.2) is 0 Å². The van der Waals surface area contributed by atoms with Crippen LogP contribution in [0.4, 0.5) is 0 Å². The van der Waals surface area contributed by atoms with Crippen molar-refractivity contribution in [3.8, 4) is 5.69 Å². The van der Waals surface area contributed by atoms with E-state index in [1.54, 1.807) is 12.1 Å². The van der Waals surface area contributed by atoms with Gasteiger partial charge in [0.1, 0.15) is 0 Å². The van der Waals surface area contributed by atoms with Crippen LogP contribution in [0.2, 0.25) is 10.0 Å². The van der Waals surface area contributed by atoms with Crippen LogP contribution in [0.5, 0.6) is 0 Å². The van der Waals surface area contributed by atoms with Crippen LogP contribution >= 0.6 is 23.2 Å². The third kappa shape index (κ3) is 1.54. The number of nitrogens with zero attached hydrogens (tertiary/aromatic N) is 3. The first-order valence-electron chi connectivity index (χ1n) is 5.47. The first kappa shape index (κ1) is 11.6. The zero-order chi connectivity index (χ0) is 12.9. The summed E-state index contributed by atoms with van der Waals surface area (Å²) in [5, 5.41) is 0.706. The Balaban J connectivity index is 2.27. The summed E-state index contributed by atoms with van der Waals surface area (Å²) >= 11 is 11.7. The highest BCUT2D eigenvalue weighted by Crippen LogP contribution is 2.23. The molecule has 0 saturated heterocycles. The van der Waals surface area contributed by atoms with Crippen LogP contribution in [0.1, 0.15) is 6.42 Å². The minimum absolute atomic E-state index is 0.317. The second kappa shape index (κ2) is 4.03. The molecule has 1 aliphatic rings. The van der Waals surface area contributed by atoms with Gasteiger partial charge < -0.3 is 0 Å². The molecule has 7 heteroatoms. The van der Waals surface area contributed by atoms with Crippen molar-refractivity contribution in [3.63, 3.8) is 0 Å². The summed E-state index contributed by atoms with van der Waals surface area (Å²) < 4.78 is 4.01. The number of halogens is 2. The molecule has 0 radical (unpaired) electrons. The van der Waals surface area contributed by atoms with Crippen LogP contribution in [0.15, 0.2) is 27.8 Å². The monoisotopic (exact) mass is 285 g/mol. The first-order chi connectivity index (χ1) is 8.59. The van der Waals surface area contributed by atoms with Crippen LogP contribution in [0.3, 0.4) is 0 Å². The maximum absolute atomic E-state index is 12.1.